The molecule has 0 bridgehead atoms. The van der Waals surface area contributed by atoms with E-state index >= 15 is 0 Å². The maximum atomic E-state index is 13.2. The second-order valence-electron chi connectivity index (χ2n) is 6.40. The van der Waals surface area contributed by atoms with Crippen LogP contribution in [-0.4, -0.2) is 15.9 Å². The predicted molar refractivity (Wildman–Crippen MR) is 114 cm³/mol. The smallest absolute Gasteiger partial charge is 0.278 e. The van der Waals surface area contributed by atoms with Gasteiger partial charge in [0.15, 0.2) is 5.13 Å². The summed E-state index contributed by atoms with van der Waals surface area (Å²) in [5.74, 6) is -0.451. The number of carbonyl (C=O) groups excluding carboxylic acids is 1. The summed E-state index contributed by atoms with van der Waals surface area (Å²) in [6.45, 7) is 0.141. The molecular formula is C21H13BrF3N3OS. The number of carbonyl (C=O) groups is 1. The zero-order valence-corrected chi connectivity index (χ0v) is 17.6. The first-order chi connectivity index (χ1) is 14.3. The van der Waals surface area contributed by atoms with E-state index in [9.17, 15) is 18.0 Å². The Morgan fingerprint density at radius 3 is 2.50 bits per heavy atom. The lowest BCUT2D eigenvalue weighted by molar-refractivity contribution is -0.137. The molecule has 0 saturated carbocycles. The van der Waals surface area contributed by atoms with E-state index in [2.05, 4.69) is 25.9 Å². The minimum atomic E-state index is -4.46. The number of rotatable bonds is 4. The van der Waals surface area contributed by atoms with Crippen molar-refractivity contribution < 1.29 is 18.0 Å². The molecule has 0 spiro atoms. The molecule has 0 aliphatic rings. The van der Waals surface area contributed by atoms with E-state index in [1.807, 2.05) is 18.2 Å². The summed E-state index contributed by atoms with van der Waals surface area (Å²) < 4.78 is 40.4. The van der Waals surface area contributed by atoms with Gasteiger partial charge < -0.3 is 0 Å². The first-order valence-corrected chi connectivity index (χ1v) is 10.4. The number of amides is 1. The number of hydrogen-bond donors (Lipinski definition) is 0. The van der Waals surface area contributed by atoms with Crippen molar-refractivity contribution in [3.05, 3.63) is 88.2 Å². The molecule has 0 aliphatic heterocycles. The molecule has 152 valence electrons. The van der Waals surface area contributed by atoms with Crippen LogP contribution in [0.2, 0.25) is 0 Å². The number of anilines is 1. The van der Waals surface area contributed by atoms with Gasteiger partial charge in [-0.1, -0.05) is 33.3 Å². The van der Waals surface area contributed by atoms with E-state index in [0.29, 0.717) is 10.8 Å². The van der Waals surface area contributed by atoms with Crippen LogP contribution in [0.4, 0.5) is 18.3 Å². The fourth-order valence-corrected chi connectivity index (χ4v) is 4.35. The number of halogens is 4. The Balaban J connectivity index is 1.73. The Morgan fingerprint density at radius 2 is 1.83 bits per heavy atom. The van der Waals surface area contributed by atoms with E-state index in [1.165, 1.54) is 28.4 Å². The number of alkyl halides is 3. The van der Waals surface area contributed by atoms with Gasteiger partial charge in [0.2, 0.25) is 0 Å². The Hall–Kier alpha value is -2.78. The van der Waals surface area contributed by atoms with Crippen LogP contribution in [0, 0.1) is 0 Å². The average Bonchev–Trinajstić information content (AvgIpc) is 3.14. The maximum absolute atomic E-state index is 13.2. The zero-order valence-electron chi connectivity index (χ0n) is 15.2. The van der Waals surface area contributed by atoms with Crippen molar-refractivity contribution >= 4 is 48.5 Å². The lowest BCUT2D eigenvalue weighted by atomic mass is 10.1. The summed E-state index contributed by atoms with van der Waals surface area (Å²) in [7, 11) is 0. The van der Waals surface area contributed by atoms with Crippen molar-refractivity contribution in [2.24, 2.45) is 0 Å². The Morgan fingerprint density at radius 1 is 1.07 bits per heavy atom. The van der Waals surface area contributed by atoms with Crippen molar-refractivity contribution in [3.8, 4) is 0 Å². The van der Waals surface area contributed by atoms with E-state index in [-0.39, 0.29) is 12.1 Å². The number of pyridine rings is 1. The molecule has 0 radical (unpaired) electrons. The highest BCUT2D eigenvalue weighted by molar-refractivity contribution is 9.10. The van der Waals surface area contributed by atoms with Crippen LogP contribution < -0.4 is 4.90 Å². The number of aromatic nitrogens is 2. The Bertz CT molecular complexity index is 1190. The quantitative estimate of drug-likeness (QED) is 0.335. The SMILES string of the molecule is O=C(c1ccc(C(F)(F)F)cc1)N(Cc1ccccn1)c1nc2ccc(Br)cc2s1. The monoisotopic (exact) mass is 491 g/mol. The second-order valence-corrected chi connectivity index (χ2v) is 8.32. The van der Waals surface area contributed by atoms with Gasteiger partial charge >= 0.3 is 6.18 Å². The van der Waals surface area contributed by atoms with Crippen LogP contribution in [0.15, 0.2) is 71.3 Å². The Labute approximate surface area is 182 Å². The van der Waals surface area contributed by atoms with Crippen LogP contribution in [0.25, 0.3) is 10.2 Å². The number of nitrogens with zero attached hydrogens (tertiary/aromatic N) is 3. The van der Waals surface area contributed by atoms with Crippen LogP contribution in [0.1, 0.15) is 21.6 Å². The molecule has 0 atom stereocenters. The summed E-state index contributed by atoms with van der Waals surface area (Å²) in [4.78, 5) is 23.5. The van der Waals surface area contributed by atoms with Crippen LogP contribution >= 0.6 is 27.3 Å². The van der Waals surface area contributed by atoms with Gasteiger partial charge in [0.25, 0.3) is 5.91 Å². The molecule has 1 amide bonds. The van der Waals surface area contributed by atoms with Gasteiger partial charge in [0.05, 0.1) is 28.0 Å². The van der Waals surface area contributed by atoms with Crippen molar-refractivity contribution in [3.63, 3.8) is 0 Å². The summed E-state index contributed by atoms with van der Waals surface area (Å²) in [5, 5.41) is 0.443. The first kappa shape index (κ1) is 20.5. The molecule has 2 aromatic carbocycles. The van der Waals surface area contributed by atoms with Gasteiger partial charge in [-0.2, -0.15) is 13.2 Å². The van der Waals surface area contributed by atoms with Gasteiger partial charge in [0, 0.05) is 16.2 Å². The highest BCUT2D eigenvalue weighted by Crippen LogP contribution is 2.33. The maximum Gasteiger partial charge on any atom is 0.416 e. The number of fused-ring (bicyclic) bond motifs is 1. The summed E-state index contributed by atoms with van der Waals surface area (Å²) >= 11 is 4.74. The molecule has 0 aliphatic carbocycles. The van der Waals surface area contributed by atoms with Gasteiger partial charge in [-0.05, 0) is 54.6 Å². The third-order valence-electron chi connectivity index (χ3n) is 4.32. The minimum Gasteiger partial charge on any atom is -0.278 e. The molecule has 0 saturated heterocycles. The topological polar surface area (TPSA) is 46.1 Å². The largest absolute Gasteiger partial charge is 0.416 e. The van der Waals surface area contributed by atoms with Gasteiger partial charge in [-0.25, -0.2) is 4.98 Å². The van der Waals surface area contributed by atoms with Crippen molar-refractivity contribution in [1.82, 2.24) is 9.97 Å². The summed E-state index contributed by atoms with van der Waals surface area (Å²) in [5.41, 5.74) is 0.696. The number of hydrogen-bond acceptors (Lipinski definition) is 4. The van der Waals surface area contributed by atoms with Gasteiger partial charge in [-0.3, -0.25) is 14.7 Å². The second kappa shape index (κ2) is 8.16. The van der Waals surface area contributed by atoms with Crippen LogP contribution in [-0.2, 0) is 12.7 Å². The molecule has 4 nitrogen and oxygen atoms in total. The lowest BCUT2D eigenvalue weighted by Gasteiger charge is -2.20. The third-order valence-corrected chi connectivity index (χ3v) is 5.86. The van der Waals surface area contributed by atoms with Gasteiger partial charge in [0.1, 0.15) is 0 Å². The van der Waals surface area contributed by atoms with Crippen molar-refractivity contribution in [2.75, 3.05) is 4.90 Å². The summed E-state index contributed by atoms with van der Waals surface area (Å²) in [6, 6.07) is 15.1. The highest BCUT2D eigenvalue weighted by atomic mass is 79.9. The number of thiazole rings is 1. The van der Waals surface area contributed by atoms with Crippen molar-refractivity contribution in [1.29, 1.82) is 0 Å². The van der Waals surface area contributed by atoms with E-state index in [1.54, 1.807) is 24.4 Å². The number of benzene rings is 2. The van der Waals surface area contributed by atoms with Crippen molar-refractivity contribution in [2.45, 2.75) is 12.7 Å². The van der Waals surface area contributed by atoms with Crippen LogP contribution in [0.3, 0.4) is 0 Å². The van der Waals surface area contributed by atoms with Gasteiger partial charge in [-0.15, -0.1) is 0 Å². The molecular weight excluding hydrogens is 479 g/mol. The molecule has 2 heterocycles. The first-order valence-electron chi connectivity index (χ1n) is 8.76. The molecule has 9 heteroatoms. The zero-order chi connectivity index (χ0) is 21.3. The standard InChI is InChI=1S/C21H13BrF3N3OS/c22-15-8-9-17-18(11-15)30-20(27-17)28(12-16-3-1-2-10-26-16)19(29)13-4-6-14(7-5-13)21(23,24)25/h1-11H,12H2. The minimum absolute atomic E-state index is 0.138. The fraction of sp³-hybridized carbons (Fsp3) is 0.0952. The van der Waals surface area contributed by atoms with Crippen LogP contribution in [0.5, 0.6) is 0 Å². The third kappa shape index (κ3) is 4.36. The molecule has 0 N–H and O–H groups in total. The lowest BCUT2D eigenvalue weighted by Crippen LogP contribution is -2.30. The summed E-state index contributed by atoms with van der Waals surface area (Å²) in [6.07, 6.45) is -2.85. The normalized spacial score (nSPS) is 11.6. The molecule has 30 heavy (non-hydrogen) atoms. The molecule has 4 rings (SSSR count). The predicted octanol–water partition coefficient (Wildman–Crippen LogP) is 6.32. The van der Waals surface area contributed by atoms with E-state index in [4.69, 9.17) is 0 Å². The molecule has 0 fully saturated rings. The fourth-order valence-electron chi connectivity index (χ4n) is 2.84. The average molecular weight is 492 g/mol. The molecule has 2 aromatic heterocycles. The molecule has 0 unspecified atom stereocenters. The van der Waals surface area contributed by atoms with E-state index in [0.717, 1.165) is 26.8 Å². The molecule has 4 aromatic rings. The van der Waals surface area contributed by atoms with E-state index < -0.39 is 17.6 Å². The highest BCUT2D eigenvalue weighted by Gasteiger charge is 2.31. The Kier molecular flexibility index (Phi) is 5.57.